The molecular weight excluding hydrogens is 546 g/mol. The zero-order chi connectivity index (χ0) is 27.2. The van der Waals surface area contributed by atoms with Gasteiger partial charge >= 0.3 is 16.3 Å². The normalized spacial score (nSPS) is 22.7. The van der Waals surface area contributed by atoms with E-state index >= 15 is 0 Å². The number of carboxylic acid groups (broad SMARTS) is 1. The molecule has 0 radical (unpaired) electrons. The van der Waals surface area contributed by atoms with Gasteiger partial charge in [0.2, 0.25) is 5.60 Å². The molecule has 2 aliphatic heterocycles. The van der Waals surface area contributed by atoms with Crippen LogP contribution in [0.2, 0.25) is 0 Å². The van der Waals surface area contributed by atoms with E-state index < -0.39 is 51.5 Å². The summed E-state index contributed by atoms with van der Waals surface area (Å²) in [5.41, 5.74) is 4.89. The highest BCUT2D eigenvalue weighted by Gasteiger charge is 2.55. The van der Waals surface area contributed by atoms with Crippen molar-refractivity contribution in [1.29, 1.82) is 0 Å². The second-order valence-corrected chi connectivity index (χ2v) is 11.2. The fraction of sp³-hybridized carbons (Fsp3) is 0.526. The fourth-order valence-corrected chi connectivity index (χ4v) is 6.03. The standard InChI is InChI=1S/C19H23N9O8S2/c20-18-22-11(8-37-18)13(26-36-19(17(31)32)3-1-2-4-19)15(29)23-14-12(28(16(14)30)38(33,34)35)7-27-24-9-5-21-6-10(9)25-27/h8,12,14,21H,1-7H2,(H2,20,22)(H,23,29)(H,31,32)(H,33,34,35)/b26-13-/t12-,14+/m1/s1. The van der Waals surface area contributed by atoms with E-state index in [-0.39, 0.29) is 34.5 Å². The van der Waals surface area contributed by atoms with Crippen molar-refractivity contribution in [3.63, 3.8) is 0 Å². The van der Waals surface area contributed by atoms with E-state index in [4.69, 9.17) is 10.6 Å². The number of thiazole rings is 1. The number of carbonyl (C=O) groups is 3. The van der Waals surface area contributed by atoms with Crippen molar-refractivity contribution in [2.75, 3.05) is 5.73 Å². The third-order valence-corrected chi connectivity index (χ3v) is 8.16. The van der Waals surface area contributed by atoms with Crippen molar-refractivity contribution < 1.29 is 37.3 Å². The lowest BCUT2D eigenvalue weighted by Crippen LogP contribution is -2.73. The number of hydrogen-bond acceptors (Lipinski definition) is 13. The Morgan fingerprint density at radius 1 is 1.29 bits per heavy atom. The van der Waals surface area contributed by atoms with Crippen LogP contribution in [0.1, 0.15) is 42.8 Å². The molecule has 0 aromatic carbocycles. The second kappa shape index (κ2) is 9.57. The zero-order valence-electron chi connectivity index (χ0n) is 19.6. The SMILES string of the molecule is Nc1nc(/C(=N/OC2(C(=O)O)CCCC2)C(=O)N[C@@H]2C(=O)N(S(=O)(=O)O)[C@@H]2Cn2nc3c(n2)CNC3)cs1. The van der Waals surface area contributed by atoms with Crippen molar-refractivity contribution in [3.8, 4) is 0 Å². The molecule has 17 nitrogen and oxygen atoms in total. The molecule has 19 heteroatoms. The van der Waals surface area contributed by atoms with Crippen LogP contribution in [0.4, 0.5) is 5.13 Å². The maximum atomic E-state index is 13.3. The molecule has 5 rings (SSSR count). The Morgan fingerprint density at radius 3 is 2.50 bits per heavy atom. The van der Waals surface area contributed by atoms with E-state index in [0.717, 1.165) is 11.3 Å². The van der Waals surface area contributed by atoms with Crippen molar-refractivity contribution in [3.05, 3.63) is 22.5 Å². The second-order valence-electron chi connectivity index (χ2n) is 8.99. The first kappa shape index (κ1) is 25.9. The Labute approximate surface area is 218 Å². The summed E-state index contributed by atoms with van der Waals surface area (Å²) in [6.07, 6.45) is 1.56. The molecule has 4 heterocycles. The van der Waals surface area contributed by atoms with Gasteiger partial charge in [-0.25, -0.2) is 14.1 Å². The van der Waals surface area contributed by atoms with Crippen molar-refractivity contribution in [1.82, 2.24) is 34.9 Å². The van der Waals surface area contributed by atoms with Crippen LogP contribution in [0, 0.1) is 0 Å². The van der Waals surface area contributed by atoms with Crippen LogP contribution in [0.3, 0.4) is 0 Å². The molecule has 1 aliphatic carbocycles. The van der Waals surface area contributed by atoms with Crippen LogP contribution in [-0.2, 0) is 49.2 Å². The van der Waals surface area contributed by atoms with Crippen LogP contribution in [0.5, 0.6) is 0 Å². The van der Waals surface area contributed by atoms with Gasteiger partial charge in [0.1, 0.15) is 29.2 Å². The number of carbonyl (C=O) groups excluding carboxylic acids is 2. The molecule has 2 atom stereocenters. The van der Waals surface area contributed by atoms with Gasteiger partial charge in [-0.2, -0.15) is 23.4 Å². The molecule has 0 unspecified atom stereocenters. The first-order valence-electron chi connectivity index (χ1n) is 11.4. The van der Waals surface area contributed by atoms with E-state index in [0.29, 0.717) is 37.3 Å². The summed E-state index contributed by atoms with van der Waals surface area (Å²) in [6, 6.07) is -2.67. The minimum absolute atomic E-state index is 0.0313. The lowest BCUT2D eigenvalue weighted by molar-refractivity contribution is -0.165. The molecule has 2 aromatic rings. The van der Waals surface area contributed by atoms with E-state index in [2.05, 4.69) is 31.0 Å². The highest BCUT2D eigenvalue weighted by Crippen LogP contribution is 2.34. The number of oxime groups is 1. The molecule has 2 fully saturated rings. The lowest BCUT2D eigenvalue weighted by atomic mass is 9.98. The topological polar surface area (TPSA) is 244 Å². The fourth-order valence-electron chi connectivity index (χ4n) is 4.61. The summed E-state index contributed by atoms with van der Waals surface area (Å²) in [5.74, 6) is -3.32. The first-order valence-corrected chi connectivity index (χ1v) is 13.7. The van der Waals surface area contributed by atoms with Gasteiger partial charge in [0.05, 0.1) is 6.54 Å². The largest absolute Gasteiger partial charge is 0.478 e. The molecular formula is C19H23N9O8S2. The number of nitrogens with two attached hydrogens (primary N) is 1. The number of amides is 2. The lowest BCUT2D eigenvalue weighted by Gasteiger charge is -2.43. The number of nitrogens with zero attached hydrogens (tertiary/aromatic N) is 6. The highest BCUT2D eigenvalue weighted by molar-refractivity contribution is 7.84. The molecule has 0 bridgehead atoms. The highest BCUT2D eigenvalue weighted by atomic mass is 32.2. The van der Waals surface area contributed by atoms with Gasteiger partial charge in [-0.05, 0) is 12.8 Å². The monoisotopic (exact) mass is 569 g/mol. The number of fused-ring (bicyclic) bond motifs is 1. The number of nitrogen functional groups attached to an aromatic ring is 1. The molecule has 204 valence electrons. The first-order chi connectivity index (χ1) is 18.0. The number of anilines is 1. The maximum absolute atomic E-state index is 13.3. The molecule has 1 saturated heterocycles. The van der Waals surface area contributed by atoms with Crippen LogP contribution in [0.25, 0.3) is 0 Å². The molecule has 3 aliphatic rings. The van der Waals surface area contributed by atoms with Crippen LogP contribution in [0.15, 0.2) is 10.5 Å². The van der Waals surface area contributed by atoms with E-state index in [1.807, 2.05) is 0 Å². The van der Waals surface area contributed by atoms with E-state index in [9.17, 15) is 32.5 Å². The van der Waals surface area contributed by atoms with Gasteiger partial charge in [-0.3, -0.25) is 14.1 Å². The summed E-state index contributed by atoms with van der Waals surface area (Å²) in [6.45, 7) is 0.684. The molecule has 2 amide bonds. The number of nitrogens with one attached hydrogen (secondary N) is 2. The minimum Gasteiger partial charge on any atom is -0.478 e. The predicted octanol–water partition coefficient (Wildman–Crippen LogP) is -1.76. The summed E-state index contributed by atoms with van der Waals surface area (Å²) < 4.78 is 33.6. The molecule has 38 heavy (non-hydrogen) atoms. The van der Waals surface area contributed by atoms with Gasteiger partial charge < -0.3 is 26.3 Å². The van der Waals surface area contributed by atoms with Gasteiger partial charge in [0.15, 0.2) is 10.8 Å². The van der Waals surface area contributed by atoms with Crippen LogP contribution >= 0.6 is 11.3 Å². The average molecular weight is 570 g/mol. The van der Waals surface area contributed by atoms with Gasteiger partial charge in [0.25, 0.3) is 11.8 Å². The summed E-state index contributed by atoms with van der Waals surface area (Å²) in [5, 5.41) is 28.9. The molecule has 2 aromatic heterocycles. The van der Waals surface area contributed by atoms with E-state index in [1.165, 1.54) is 10.2 Å². The van der Waals surface area contributed by atoms with Crippen molar-refractivity contribution >= 4 is 50.3 Å². The number of rotatable bonds is 9. The summed E-state index contributed by atoms with van der Waals surface area (Å²) in [7, 11) is -4.95. The Morgan fingerprint density at radius 2 is 1.95 bits per heavy atom. The van der Waals surface area contributed by atoms with Crippen molar-refractivity contribution in [2.24, 2.45) is 5.16 Å². The quantitative estimate of drug-likeness (QED) is 0.0973. The Balaban J connectivity index is 1.40. The van der Waals surface area contributed by atoms with Gasteiger partial charge in [0, 0.05) is 31.3 Å². The predicted molar refractivity (Wildman–Crippen MR) is 128 cm³/mol. The number of carboxylic acids is 1. The number of aromatic nitrogens is 4. The van der Waals surface area contributed by atoms with Crippen molar-refractivity contribution in [2.45, 2.75) is 63.0 Å². The Kier molecular flexibility index (Phi) is 6.53. The smallest absolute Gasteiger partial charge is 0.362 e. The average Bonchev–Trinajstić information content (AvgIpc) is 3.62. The van der Waals surface area contributed by atoms with Gasteiger partial charge in [-0.1, -0.05) is 5.16 Å². The van der Waals surface area contributed by atoms with Crippen LogP contribution < -0.4 is 16.4 Å². The Bertz CT molecular complexity index is 1410. The van der Waals surface area contributed by atoms with E-state index in [1.54, 1.807) is 0 Å². The molecule has 0 spiro atoms. The molecule has 6 N–H and O–H groups in total. The zero-order valence-corrected chi connectivity index (χ0v) is 21.2. The summed E-state index contributed by atoms with van der Waals surface area (Å²) in [4.78, 5) is 48.4. The maximum Gasteiger partial charge on any atom is 0.362 e. The number of aliphatic carboxylic acids is 1. The third-order valence-electron chi connectivity index (χ3n) is 6.54. The van der Waals surface area contributed by atoms with Crippen LogP contribution in [-0.4, -0.2) is 83.5 Å². The number of β-lactam (4-membered cyclic amide) rings is 1. The minimum atomic E-state index is -4.95. The third kappa shape index (κ3) is 4.68. The molecule has 1 saturated carbocycles. The Hall–Kier alpha value is -3.68. The summed E-state index contributed by atoms with van der Waals surface area (Å²) >= 11 is 0.992. The van der Waals surface area contributed by atoms with Gasteiger partial charge in [-0.15, -0.1) is 11.3 Å². The number of hydrogen-bond donors (Lipinski definition) is 5.